The highest BCUT2D eigenvalue weighted by atomic mass is 19.3. The second-order valence-electron chi connectivity index (χ2n) is 2.62. The molecule has 0 spiro atoms. The number of carbonyl (C=O) groups is 2. The van der Waals surface area contributed by atoms with Gasteiger partial charge in [-0.15, -0.1) is 0 Å². The molecule has 0 aromatic heterocycles. The van der Waals surface area contributed by atoms with Gasteiger partial charge in [0.2, 0.25) is 0 Å². The number of alkyl halides is 4. The maximum Gasteiger partial charge on any atom is 0.406 e. The van der Waals surface area contributed by atoms with Gasteiger partial charge in [0.05, 0.1) is 14.2 Å². The lowest BCUT2D eigenvalue weighted by Gasteiger charge is -2.29. The maximum absolute atomic E-state index is 13.0. The average molecular weight is 247 g/mol. The predicted octanol–water partition coefficient (Wildman–Crippen LogP) is 0.450. The highest BCUT2D eigenvalue weighted by Crippen LogP contribution is 2.31. The number of rotatable bonds is 4. The van der Waals surface area contributed by atoms with E-state index in [1.54, 1.807) is 0 Å². The second kappa shape index (κ2) is 4.64. The van der Waals surface area contributed by atoms with Gasteiger partial charge in [-0.2, -0.15) is 22.5 Å². The Balaban J connectivity index is 5.11. The smallest absolute Gasteiger partial charge is 0.406 e. The van der Waals surface area contributed by atoms with E-state index in [2.05, 4.69) is 9.47 Å². The van der Waals surface area contributed by atoms with Gasteiger partial charge in [0, 0.05) is 0 Å². The topological polar surface area (TPSA) is 55.8 Å². The Morgan fingerprint density at radius 3 is 1.38 bits per heavy atom. The van der Waals surface area contributed by atoms with E-state index in [4.69, 9.17) is 0 Å². The van der Waals surface area contributed by atoms with Crippen LogP contribution in [0.5, 0.6) is 0 Å². The molecule has 0 aliphatic heterocycles. The summed E-state index contributed by atoms with van der Waals surface area (Å²) < 4.78 is 59.1. The number of ether oxygens (including phenoxy) is 2. The minimum absolute atomic E-state index is 0.188. The first-order chi connectivity index (χ1) is 7.12. The third-order valence-corrected chi connectivity index (χ3v) is 1.70. The number of hydrogen-bond donors (Lipinski definition) is 0. The number of esters is 2. The fourth-order valence-electron chi connectivity index (χ4n) is 0.696. The summed E-state index contributed by atoms with van der Waals surface area (Å²) >= 11 is 0. The van der Waals surface area contributed by atoms with E-state index < -0.39 is 28.9 Å². The number of likely N-dealkylation sites (N-methyl/N-ethyl adjacent to an activating group) is 1. The molecule has 0 radical (unpaired) electrons. The Labute approximate surface area is 87.9 Å². The van der Waals surface area contributed by atoms with Crippen LogP contribution in [-0.2, 0) is 19.1 Å². The van der Waals surface area contributed by atoms with Crippen molar-refractivity contribution < 1.29 is 36.6 Å². The van der Waals surface area contributed by atoms with E-state index >= 15 is 0 Å². The van der Waals surface area contributed by atoms with Crippen molar-refractivity contribution in [3.8, 4) is 0 Å². The monoisotopic (exact) mass is 247 g/mol. The minimum atomic E-state index is -4.65. The van der Waals surface area contributed by atoms with Gasteiger partial charge in [-0.25, -0.2) is 9.59 Å². The van der Waals surface area contributed by atoms with Gasteiger partial charge < -0.3 is 9.47 Å². The van der Waals surface area contributed by atoms with Gasteiger partial charge in [0.25, 0.3) is 0 Å². The van der Waals surface area contributed by atoms with Crippen LogP contribution in [0.3, 0.4) is 0 Å². The first-order valence-corrected chi connectivity index (χ1v) is 3.78. The van der Waals surface area contributed by atoms with E-state index in [9.17, 15) is 27.2 Å². The second-order valence-corrected chi connectivity index (χ2v) is 2.62. The fourth-order valence-corrected chi connectivity index (χ4v) is 0.696. The lowest BCUT2D eigenvalue weighted by atomic mass is 10.4. The zero-order chi connectivity index (χ0) is 13.1. The molecule has 0 saturated carbocycles. The highest BCUT2D eigenvalue weighted by Gasteiger charge is 2.59. The molecule has 16 heavy (non-hydrogen) atoms. The first-order valence-electron chi connectivity index (χ1n) is 3.78. The van der Waals surface area contributed by atoms with Crippen LogP contribution in [0.15, 0.2) is 0 Å². The maximum atomic E-state index is 13.0. The van der Waals surface area contributed by atoms with E-state index in [0.29, 0.717) is 14.2 Å². The third kappa shape index (κ3) is 2.40. The molecule has 0 aliphatic carbocycles. The van der Waals surface area contributed by atoms with Crippen LogP contribution < -0.4 is 0 Å². The largest absolute Gasteiger partial charge is 0.463 e. The molecular weight excluding hydrogens is 238 g/mol. The summed E-state index contributed by atoms with van der Waals surface area (Å²) in [6.07, 6.45) is 0. The standard InChI is InChI=1S/C7H9F4NO4/c1-12(6(8,9)4(13)15-2)7(10,11)5(14)16-3/h1-3H3. The van der Waals surface area contributed by atoms with Crippen LogP contribution in [0.4, 0.5) is 17.6 Å². The van der Waals surface area contributed by atoms with E-state index in [0.717, 1.165) is 0 Å². The summed E-state index contributed by atoms with van der Waals surface area (Å²) in [6, 6.07) is -9.29. The molecule has 0 heterocycles. The lowest BCUT2D eigenvalue weighted by Crippen LogP contribution is -2.58. The normalized spacial score (nSPS) is 12.5. The van der Waals surface area contributed by atoms with E-state index in [-0.39, 0.29) is 7.05 Å². The molecule has 0 aliphatic rings. The van der Waals surface area contributed by atoms with Crippen molar-refractivity contribution in [2.24, 2.45) is 0 Å². The molecule has 5 nitrogen and oxygen atoms in total. The average Bonchev–Trinajstić information content (AvgIpc) is 2.25. The Bertz CT molecular complexity index is 266. The minimum Gasteiger partial charge on any atom is -0.463 e. The van der Waals surface area contributed by atoms with Crippen molar-refractivity contribution in [3.05, 3.63) is 0 Å². The Hall–Kier alpha value is -1.38. The Morgan fingerprint density at radius 1 is 0.938 bits per heavy atom. The number of hydrogen-bond acceptors (Lipinski definition) is 5. The molecule has 0 fully saturated rings. The molecule has 0 aromatic rings. The summed E-state index contributed by atoms with van der Waals surface area (Å²) in [6.45, 7) is 0. The lowest BCUT2D eigenvalue weighted by molar-refractivity contribution is -0.265. The van der Waals surface area contributed by atoms with E-state index in [1.807, 2.05) is 0 Å². The summed E-state index contributed by atoms with van der Waals surface area (Å²) in [5.74, 6) is -4.42. The summed E-state index contributed by atoms with van der Waals surface area (Å²) in [5.41, 5.74) is 0. The zero-order valence-electron chi connectivity index (χ0n) is 8.59. The number of carbonyl (C=O) groups excluding carboxylic acids is 2. The van der Waals surface area contributed by atoms with Gasteiger partial charge in [-0.1, -0.05) is 0 Å². The van der Waals surface area contributed by atoms with Gasteiger partial charge in [-0.3, -0.25) is 0 Å². The van der Waals surface area contributed by atoms with Crippen LogP contribution in [-0.4, -0.2) is 50.2 Å². The van der Waals surface area contributed by atoms with Crippen LogP contribution in [0.1, 0.15) is 0 Å². The van der Waals surface area contributed by atoms with Crippen molar-refractivity contribution >= 4 is 11.9 Å². The molecule has 0 atom stereocenters. The first kappa shape index (κ1) is 14.6. The fraction of sp³-hybridized carbons (Fsp3) is 0.714. The van der Waals surface area contributed by atoms with Crippen LogP contribution >= 0.6 is 0 Å². The van der Waals surface area contributed by atoms with Gasteiger partial charge in [-0.05, 0) is 7.05 Å². The molecule has 0 rings (SSSR count). The highest BCUT2D eigenvalue weighted by molar-refractivity contribution is 5.80. The third-order valence-electron chi connectivity index (χ3n) is 1.70. The van der Waals surface area contributed by atoms with Crippen molar-refractivity contribution in [2.75, 3.05) is 21.3 Å². The van der Waals surface area contributed by atoms with Gasteiger partial charge in [0.1, 0.15) is 0 Å². The summed E-state index contributed by atoms with van der Waals surface area (Å²) in [5, 5.41) is 0. The molecule has 0 bridgehead atoms. The SMILES string of the molecule is COC(=O)C(F)(F)N(C)C(F)(F)C(=O)OC. The van der Waals surface area contributed by atoms with Crippen molar-refractivity contribution in [2.45, 2.75) is 12.1 Å². The van der Waals surface area contributed by atoms with Gasteiger partial charge >= 0.3 is 24.0 Å². The van der Waals surface area contributed by atoms with Crippen LogP contribution in [0.2, 0.25) is 0 Å². The molecule has 0 saturated heterocycles. The summed E-state index contributed by atoms with van der Waals surface area (Å²) in [4.78, 5) is 20.0. The Morgan fingerprint density at radius 2 is 1.19 bits per heavy atom. The van der Waals surface area contributed by atoms with Crippen LogP contribution in [0.25, 0.3) is 0 Å². The number of nitrogens with zero attached hydrogens (tertiary/aromatic N) is 1. The Kier molecular flexibility index (Phi) is 4.24. The number of methoxy groups -OCH3 is 2. The van der Waals surface area contributed by atoms with Crippen LogP contribution in [0, 0.1) is 0 Å². The molecule has 0 aromatic carbocycles. The van der Waals surface area contributed by atoms with E-state index in [1.165, 1.54) is 0 Å². The molecule has 9 heteroatoms. The van der Waals surface area contributed by atoms with Crippen molar-refractivity contribution in [1.29, 1.82) is 0 Å². The molecule has 0 N–H and O–H groups in total. The number of halogens is 4. The van der Waals surface area contributed by atoms with Gasteiger partial charge in [0.15, 0.2) is 0 Å². The molecular formula is C7H9F4NO4. The molecule has 0 unspecified atom stereocenters. The molecule has 0 amide bonds. The van der Waals surface area contributed by atoms with Crippen molar-refractivity contribution in [1.82, 2.24) is 4.90 Å². The predicted molar refractivity (Wildman–Crippen MR) is 41.7 cm³/mol. The van der Waals surface area contributed by atoms with Crippen molar-refractivity contribution in [3.63, 3.8) is 0 Å². The molecule has 94 valence electrons. The summed E-state index contributed by atoms with van der Waals surface area (Å²) in [7, 11) is 1.38. The zero-order valence-corrected chi connectivity index (χ0v) is 8.59. The quantitative estimate of drug-likeness (QED) is 0.410.